The Labute approximate surface area is 107 Å². The number of carbonyl (C=O) groups is 1. The smallest absolute Gasteiger partial charge is 0.249 e. The molecule has 3 heteroatoms. The predicted octanol–water partition coefficient (Wildman–Crippen LogP) is 3.78. The van der Waals surface area contributed by atoms with Gasteiger partial charge in [0.05, 0.1) is 11.8 Å². The number of benzene rings is 1. The minimum Gasteiger partial charge on any atom is -0.464 e. The Morgan fingerprint density at radius 3 is 2.28 bits per heavy atom. The van der Waals surface area contributed by atoms with Crippen molar-refractivity contribution in [3.63, 3.8) is 0 Å². The minimum atomic E-state index is -0.389. The Balaban J connectivity index is 2.88. The van der Waals surface area contributed by atoms with Crippen LogP contribution in [0.25, 0.3) is 11.0 Å². The van der Waals surface area contributed by atoms with Crippen LogP contribution >= 0.6 is 0 Å². The number of hydrogen-bond acceptors (Lipinski definition) is 2. The third-order valence-electron chi connectivity index (χ3n) is 3.29. The molecule has 0 atom stereocenters. The number of nitrogens with two attached hydrogens (primary N) is 1. The minimum absolute atomic E-state index is 0.254. The lowest BCUT2D eigenvalue weighted by Crippen LogP contribution is -2.15. The van der Waals surface area contributed by atoms with E-state index in [1.807, 2.05) is 6.07 Å². The van der Waals surface area contributed by atoms with Crippen LogP contribution in [0.1, 0.15) is 61.0 Å². The van der Waals surface area contributed by atoms with Crippen LogP contribution < -0.4 is 5.73 Å². The van der Waals surface area contributed by atoms with E-state index in [1.165, 1.54) is 0 Å². The van der Waals surface area contributed by atoms with Crippen LogP contribution in [0.4, 0.5) is 0 Å². The maximum atomic E-state index is 11.7. The Kier molecular flexibility index (Phi) is 3.16. The highest BCUT2D eigenvalue weighted by Crippen LogP contribution is 2.34. The number of amides is 1. The second-order valence-electron chi connectivity index (χ2n) is 5.27. The molecule has 2 aromatic rings. The van der Waals surface area contributed by atoms with Gasteiger partial charge < -0.3 is 10.2 Å². The second kappa shape index (κ2) is 4.48. The summed E-state index contributed by atoms with van der Waals surface area (Å²) in [4.78, 5) is 11.7. The molecule has 2 rings (SSSR count). The highest BCUT2D eigenvalue weighted by Gasteiger charge is 2.20. The van der Waals surface area contributed by atoms with Gasteiger partial charge in [0.2, 0.25) is 5.91 Å². The summed E-state index contributed by atoms with van der Waals surface area (Å²) < 4.78 is 5.53. The van der Waals surface area contributed by atoms with Crippen molar-refractivity contribution in [2.45, 2.75) is 39.5 Å². The van der Waals surface area contributed by atoms with Crippen LogP contribution in [0.5, 0.6) is 0 Å². The number of carbonyl (C=O) groups excluding carboxylic acids is 1. The first-order chi connectivity index (χ1) is 8.43. The van der Waals surface area contributed by atoms with Gasteiger partial charge in [0, 0.05) is 5.39 Å². The molecule has 0 radical (unpaired) electrons. The van der Waals surface area contributed by atoms with Crippen molar-refractivity contribution in [1.29, 1.82) is 0 Å². The van der Waals surface area contributed by atoms with E-state index in [0.717, 1.165) is 22.1 Å². The van der Waals surface area contributed by atoms with Gasteiger partial charge in [-0.05, 0) is 29.0 Å². The molecule has 0 aliphatic carbocycles. The van der Waals surface area contributed by atoms with E-state index in [4.69, 9.17) is 10.2 Å². The first kappa shape index (κ1) is 12.7. The molecule has 0 aliphatic heterocycles. The van der Waals surface area contributed by atoms with Gasteiger partial charge in [0.15, 0.2) is 0 Å². The fourth-order valence-electron chi connectivity index (χ4n) is 2.35. The topological polar surface area (TPSA) is 56.2 Å². The number of fused-ring (bicyclic) bond motifs is 1. The van der Waals surface area contributed by atoms with Crippen LogP contribution in [0, 0.1) is 0 Å². The number of rotatable bonds is 3. The fourth-order valence-corrected chi connectivity index (χ4v) is 2.35. The van der Waals surface area contributed by atoms with Gasteiger partial charge in [-0.2, -0.15) is 0 Å². The van der Waals surface area contributed by atoms with Gasteiger partial charge in [-0.15, -0.1) is 0 Å². The normalized spacial score (nSPS) is 11.7. The van der Waals surface area contributed by atoms with Crippen LogP contribution in [0.15, 0.2) is 22.8 Å². The van der Waals surface area contributed by atoms with E-state index < -0.39 is 0 Å². The number of hydrogen-bond donors (Lipinski definition) is 1. The molecular formula is C15H19NO2. The summed E-state index contributed by atoms with van der Waals surface area (Å²) in [6.45, 7) is 8.37. The lowest BCUT2D eigenvalue weighted by Gasteiger charge is -2.16. The fraction of sp³-hybridized carbons (Fsp3) is 0.400. The monoisotopic (exact) mass is 245 g/mol. The SMILES string of the molecule is CC(C)c1cc(C(C)C)c2occc2c1C(N)=O. The Morgan fingerprint density at radius 2 is 1.78 bits per heavy atom. The van der Waals surface area contributed by atoms with Gasteiger partial charge >= 0.3 is 0 Å². The molecule has 0 unspecified atom stereocenters. The maximum Gasteiger partial charge on any atom is 0.249 e. The molecule has 1 aromatic heterocycles. The Bertz CT molecular complexity index is 594. The summed E-state index contributed by atoms with van der Waals surface area (Å²) in [5, 5.41) is 0.831. The number of furan rings is 1. The van der Waals surface area contributed by atoms with E-state index in [2.05, 4.69) is 33.8 Å². The molecule has 1 aromatic carbocycles. The molecule has 0 bridgehead atoms. The standard InChI is InChI=1S/C15H19NO2/c1-8(2)11-7-12(9(3)4)14-10(5-6-18-14)13(11)15(16)17/h5-9H,1-4H3,(H2,16,17). The van der Waals surface area contributed by atoms with Gasteiger partial charge in [0.25, 0.3) is 0 Å². The molecule has 18 heavy (non-hydrogen) atoms. The summed E-state index contributed by atoms with van der Waals surface area (Å²) >= 11 is 0. The van der Waals surface area contributed by atoms with Crippen molar-refractivity contribution in [2.24, 2.45) is 5.73 Å². The first-order valence-corrected chi connectivity index (χ1v) is 6.27. The summed E-state index contributed by atoms with van der Waals surface area (Å²) in [6, 6.07) is 3.88. The van der Waals surface area contributed by atoms with E-state index in [-0.39, 0.29) is 11.8 Å². The average Bonchev–Trinajstić information content (AvgIpc) is 2.73. The highest BCUT2D eigenvalue weighted by atomic mass is 16.3. The molecule has 1 amide bonds. The van der Waals surface area contributed by atoms with Crippen LogP contribution in [0.3, 0.4) is 0 Å². The summed E-state index contributed by atoms with van der Waals surface area (Å²) in [5.41, 5.74) is 9.03. The third kappa shape index (κ3) is 1.90. The predicted molar refractivity (Wildman–Crippen MR) is 72.9 cm³/mol. The van der Waals surface area contributed by atoms with E-state index in [9.17, 15) is 4.79 Å². The average molecular weight is 245 g/mol. The zero-order chi connectivity index (χ0) is 13.4. The van der Waals surface area contributed by atoms with Crippen LogP contribution in [0.2, 0.25) is 0 Å². The lowest BCUT2D eigenvalue weighted by atomic mass is 9.88. The molecule has 0 aliphatic rings. The summed E-state index contributed by atoms with van der Waals surface area (Å²) in [7, 11) is 0. The van der Waals surface area contributed by atoms with E-state index in [1.54, 1.807) is 6.26 Å². The second-order valence-corrected chi connectivity index (χ2v) is 5.27. The Hall–Kier alpha value is -1.77. The molecule has 0 saturated heterocycles. The van der Waals surface area contributed by atoms with E-state index >= 15 is 0 Å². The van der Waals surface area contributed by atoms with Crippen molar-refractivity contribution < 1.29 is 9.21 Å². The van der Waals surface area contributed by atoms with E-state index in [0.29, 0.717) is 11.5 Å². The zero-order valence-electron chi connectivity index (χ0n) is 11.3. The molecule has 3 nitrogen and oxygen atoms in total. The van der Waals surface area contributed by atoms with Gasteiger partial charge in [-0.3, -0.25) is 4.79 Å². The first-order valence-electron chi connectivity index (χ1n) is 6.27. The molecule has 0 saturated carbocycles. The molecule has 0 fully saturated rings. The molecule has 2 N–H and O–H groups in total. The molecular weight excluding hydrogens is 226 g/mol. The zero-order valence-corrected chi connectivity index (χ0v) is 11.3. The largest absolute Gasteiger partial charge is 0.464 e. The molecule has 0 spiro atoms. The molecule has 1 heterocycles. The van der Waals surface area contributed by atoms with Gasteiger partial charge in [-0.25, -0.2) is 0 Å². The summed E-state index contributed by atoms with van der Waals surface area (Å²) in [5.74, 6) is 0.211. The van der Waals surface area contributed by atoms with Crippen molar-refractivity contribution in [3.8, 4) is 0 Å². The van der Waals surface area contributed by atoms with Crippen LogP contribution in [-0.4, -0.2) is 5.91 Å². The quantitative estimate of drug-likeness (QED) is 0.894. The van der Waals surface area contributed by atoms with Crippen molar-refractivity contribution >= 4 is 16.9 Å². The van der Waals surface area contributed by atoms with Crippen molar-refractivity contribution in [1.82, 2.24) is 0 Å². The highest BCUT2D eigenvalue weighted by molar-refractivity contribution is 6.07. The maximum absolute atomic E-state index is 11.7. The number of primary amides is 1. The summed E-state index contributed by atoms with van der Waals surface area (Å²) in [6.07, 6.45) is 1.62. The van der Waals surface area contributed by atoms with Crippen LogP contribution in [-0.2, 0) is 0 Å². The molecule has 96 valence electrons. The van der Waals surface area contributed by atoms with Gasteiger partial charge in [0.1, 0.15) is 5.58 Å². The third-order valence-corrected chi connectivity index (χ3v) is 3.29. The van der Waals surface area contributed by atoms with Crippen molar-refractivity contribution in [2.75, 3.05) is 0 Å². The van der Waals surface area contributed by atoms with Gasteiger partial charge in [-0.1, -0.05) is 33.8 Å². The Morgan fingerprint density at radius 1 is 1.17 bits per heavy atom. The lowest BCUT2D eigenvalue weighted by molar-refractivity contribution is 0.100. The van der Waals surface area contributed by atoms with Crippen molar-refractivity contribution in [3.05, 3.63) is 35.1 Å².